The van der Waals surface area contributed by atoms with Crippen LogP contribution in [0, 0.1) is 11.8 Å². The fourth-order valence-corrected chi connectivity index (χ4v) is 7.24. The fraction of sp³-hybridized carbons (Fsp3) is 0.957. The third kappa shape index (κ3) is 33.8. The molecule has 316 valence electrons. The molecule has 0 aliphatic rings. The molecule has 0 saturated carbocycles. The Kier molecular flexibility index (Phi) is 39.6. The highest BCUT2D eigenvalue weighted by Gasteiger charge is 2.20. The van der Waals surface area contributed by atoms with Crippen molar-refractivity contribution in [3.63, 3.8) is 0 Å². The summed E-state index contributed by atoms with van der Waals surface area (Å²) in [6.45, 7) is 12.0. The minimum Gasteiger partial charge on any atom is -0.465 e. The van der Waals surface area contributed by atoms with Crippen molar-refractivity contribution >= 4 is 11.9 Å². The molecular formula is C46H93N3O4. The van der Waals surface area contributed by atoms with Crippen LogP contribution in [0.5, 0.6) is 0 Å². The first-order valence-electron chi connectivity index (χ1n) is 23.4. The molecule has 0 heterocycles. The molecule has 1 N–H and O–H groups in total. The number of carbonyl (C=O) groups is 2. The van der Waals surface area contributed by atoms with E-state index < -0.39 is 0 Å². The van der Waals surface area contributed by atoms with Crippen LogP contribution in [0.1, 0.15) is 233 Å². The summed E-state index contributed by atoms with van der Waals surface area (Å²) in [7, 11) is 4.18. The number of nitrogens with one attached hydrogen (secondary N) is 1. The summed E-state index contributed by atoms with van der Waals surface area (Å²) in [4.78, 5) is 25.8. The minimum atomic E-state index is 0.0552. The molecular weight excluding hydrogens is 659 g/mol. The Balaban J connectivity index is 4.17. The van der Waals surface area contributed by atoms with E-state index in [-0.39, 0.29) is 23.8 Å². The van der Waals surface area contributed by atoms with Crippen molar-refractivity contribution in [2.75, 3.05) is 40.4 Å². The van der Waals surface area contributed by atoms with E-state index in [0.717, 1.165) is 116 Å². The minimum absolute atomic E-state index is 0.0552. The van der Waals surface area contributed by atoms with Gasteiger partial charge in [-0.3, -0.25) is 9.59 Å². The number of carbonyl (C=O) groups excluding carboxylic acids is 2. The van der Waals surface area contributed by atoms with Crippen molar-refractivity contribution in [1.29, 1.82) is 0 Å². The monoisotopic (exact) mass is 752 g/mol. The van der Waals surface area contributed by atoms with E-state index in [1.54, 1.807) is 0 Å². The van der Waals surface area contributed by atoms with Crippen LogP contribution in [0.2, 0.25) is 0 Å². The fourth-order valence-electron chi connectivity index (χ4n) is 7.24. The van der Waals surface area contributed by atoms with Gasteiger partial charge >= 0.3 is 11.9 Å². The second kappa shape index (κ2) is 40.5. The number of hydrogen-bond acceptors (Lipinski definition) is 7. The average molecular weight is 752 g/mol. The van der Waals surface area contributed by atoms with Gasteiger partial charge in [-0.15, -0.1) is 0 Å². The van der Waals surface area contributed by atoms with E-state index >= 15 is 0 Å². The molecule has 0 bridgehead atoms. The van der Waals surface area contributed by atoms with Gasteiger partial charge in [0, 0.05) is 27.2 Å². The first-order chi connectivity index (χ1) is 25.9. The Labute approximate surface area is 331 Å². The van der Waals surface area contributed by atoms with Crippen molar-refractivity contribution in [2.24, 2.45) is 11.8 Å². The zero-order valence-electron chi connectivity index (χ0n) is 36.6. The summed E-state index contributed by atoms with van der Waals surface area (Å²) in [5, 5.41) is 4.35. The first-order valence-corrected chi connectivity index (χ1v) is 23.4. The second-order valence-corrected chi connectivity index (χ2v) is 16.2. The van der Waals surface area contributed by atoms with Crippen molar-refractivity contribution < 1.29 is 19.1 Å². The maximum Gasteiger partial charge on any atom is 0.308 e. The van der Waals surface area contributed by atoms with Gasteiger partial charge in [-0.1, -0.05) is 182 Å². The molecule has 0 amide bonds. The number of nitrogens with zero attached hydrogens (tertiary/aromatic N) is 2. The Morgan fingerprint density at radius 3 is 1.15 bits per heavy atom. The van der Waals surface area contributed by atoms with E-state index in [4.69, 9.17) is 9.47 Å². The van der Waals surface area contributed by atoms with Crippen molar-refractivity contribution in [3.05, 3.63) is 0 Å². The quantitative estimate of drug-likeness (QED) is 0.0378. The van der Waals surface area contributed by atoms with Crippen LogP contribution in [0.4, 0.5) is 0 Å². The SMILES string of the molecule is CCCCCCCCC(CCCCCC)C(=O)OCCCCCCNN(CCCCCCOC(=O)C(CCCCCC)CCCCCCCC)N(C)C. The smallest absolute Gasteiger partial charge is 0.308 e. The lowest BCUT2D eigenvalue weighted by Crippen LogP contribution is -2.48. The van der Waals surface area contributed by atoms with Crippen LogP contribution in [0.25, 0.3) is 0 Å². The highest BCUT2D eigenvalue weighted by molar-refractivity contribution is 5.72. The number of hydrazine groups is 2. The molecule has 0 saturated heterocycles. The molecule has 0 aromatic carbocycles. The molecule has 0 aromatic heterocycles. The number of unbranched alkanes of at least 4 members (excludes halogenated alkanes) is 22. The molecule has 7 nitrogen and oxygen atoms in total. The van der Waals surface area contributed by atoms with Gasteiger partial charge in [-0.05, 0) is 51.4 Å². The van der Waals surface area contributed by atoms with Crippen LogP contribution in [0.3, 0.4) is 0 Å². The van der Waals surface area contributed by atoms with Gasteiger partial charge in [0.15, 0.2) is 0 Å². The Bertz CT molecular complexity index is 780. The van der Waals surface area contributed by atoms with E-state index in [0.29, 0.717) is 13.2 Å². The van der Waals surface area contributed by atoms with Gasteiger partial charge in [0.1, 0.15) is 0 Å². The van der Waals surface area contributed by atoms with Crippen LogP contribution >= 0.6 is 0 Å². The average Bonchev–Trinajstić information content (AvgIpc) is 3.15. The lowest BCUT2D eigenvalue weighted by molar-refractivity contribution is -0.150. The Morgan fingerprint density at radius 1 is 0.434 bits per heavy atom. The van der Waals surface area contributed by atoms with Gasteiger partial charge in [0.05, 0.1) is 25.0 Å². The van der Waals surface area contributed by atoms with Gasteiger partial charge in [-0.2, -0.15) is 5.12 Å². The number of rotatable bonds is 42. The first kappa shape index (κ1) is 51.8. The van der Waals surface area contributed by atoms with Crippen molar-refractivity contribution in [2.45, 2.75) is 233 Å². The van der Waals surface area contributed by atoms with E-state index in [1.807, 2.05) is 0 Å². The number of ether oxygens (including phenoxy) is 2. The number of hydrogen-bond donors (Lipinski definition) is 1. The molecule has 0 fully saturated rings. The van der Waals surface area contributed by atoms with Crippen molar-refractivity contribution in [3.8, 4) is 0 Å². The van der Waals surface area contributed by atoms with Crippen LogP contribution in [-0.4, -0.2) is 62.5 Å². The van der Waals surface area contributed by atoms with E-state index in [1.165, 1.54) is 103 Å². The standard InChI is InChI=1S/C46H93N3O4/c1-7-11-15-19-21-29-37-43(35-27-17-13-9-3)45(50)52-41-33-25-23-31-39-47-49(48(5)6)40-32-24-26-34-42-53-46(51)44(36-28-18-14-10-4)38-30-22-20-16-12-8-2/h43-44,47H,7-42H2,1-6H3. The topological polar surface area (TPSA) is 71.1 Å². The highest BCUT2D eigenvalue weighted by atomic mass is 16.5. The molecule has 0 radical (unpaired) electrons. The summed E-state index contributed by atoms with van der Waals surface area (Å²) in [6.07, 6.45) is 37.6. The van der Waals surface area contributed by atoms with E-state index in [9.17, 15) is 9.59 Å². The molecule has 0 aliphatic carbocycles. The maximum absolute atomic E-state index is 12.9. The predicted octanol–water partition coefficient (Wildman–Crippen LogP) is 13.2. The Hall–Kier alpha value is -1.18. The lowest BCUT2D eigenvalue weighted by Gasteiger charge is -2.29. The number of esters is 2. The van der Waals surface area contributed by atoms with E-state index in [2.05, 4.69) is 57.3 Å². The summed E-state index contributed by atoms with van der Waals surface area (Å²) >= 11 is 0. The molecule has 0 spiro atoms. The zero-order chi connectivity index (χ0) is 39.0. The van der Waals surface area contributed by atoms with Crippen molar-refractivity contribution in [1.82, 2.24) is 15.6 Å². The van der Waals surface area contributed by atoms with Gasteiger partial charge in [-0.25, -0.2) is 10.4 Å². The molecule has 2 unspecified atom stereocenters. The van der Waals surface area contributed by atoms with Gasteiger partial charge < -0.3 is 9.47 Å². The third-order valence-corrected chi connectivity index (χ3v) is 10.9. The van der Waals surface area contributed by atoms with Gasteiger partial charge in [0.2, 0.25) is 0 Å². The highest BCUT2D eigenvalue weighted by Crippen LogP contribution is 2.22. The summed E-state index contributed by atoms with van der Waals surface area (Å²) in [5.74, 6) is 0.302. The molecule has 53 heavy (non-hydrogen) atoms. The van der Waals surface area contributed by atoms with Crippen LogP contribution < -0.4 is 5.43 Å². The molecule has 2 atom stereocenters. The molecule has 7 heteroatoms. The largest absolute Gasteiger partial charge is 0.465 e. The summed E-state index contributed by atoms with van der Waals surface area (Å²) < 4.78 is 11.6. The molecule has 0 rings (SSSR count). The van der Waals surface area contributed by atoms with Gasteiger partial charge in [0.25, 0.3) is 0 Å². The maximum atomic E-state index is 12.9. The van der Waals surface area contributed by atoms with Crippen LogP contribution in [0.15, 0.2) is 0 Å². The Morgan fingerprint density at radius 2 is 0.755 bits per heavy atom. The normalized spacial score (nSPS) is 12.8. The predicted molar refractivity (Wildman–Crippen MR) is 228 cm³/mol. The summed E-state index contributed by atoms with van der Waals surface area (Å²) in [6, 6.07) is 0. The lowest BCUT2D eigenvalue weighted by atomic mass is 9.94. The summed E-state index contributed by atoms with van der Waals surface area (Å²) in [5.41, 5.74) is 3.60. The second-order valence-electron chi connectivity index (χ2n) is 16.2. The molecule has 0 aromatic rings. The zero-order valence-corrected chi connectivity index (χ0v) is 36.6. The van der Waals surface area contributed by atoms with Crippen LogP contribution in [-0.2, 0) is 19.1 Å². The molecule has 0 aliphatic heterocycles. The third-order valence-electron chi connectivity index (χ3n) is 10.9.